The van der Waals surface area contributed by atoms with Crippen molar-refractivity contribution in [2.75, 3.05) is 11.9 Å². The number of rotatable bonds is 4. The lowest BCUT2D eigenvalue weighted by molar-refractivity contribution is 0.325. The Morgan fingerprint density at radius 3 is 2.80 bits per heavy atom. The summed E-state index contributed by atoms with van der Waals surface area (Å²) in [6.45, 7) is 2.65. The van der Waals surface area contributed by atoms with Gasteiger partial charge < -0.3 is 10.1 Å². The molecule has 1 N–H and O–H groups in total. The lowest BCUT2D eigenvalue weighted by Crippen LogP contribution is -2.28. The maximum Gasteiger partial charge on any atom is 0.222 e. The van der Waals surface area contributed by atoms with Crippen LogP contribution in [0, 0.1) is 0 Å². The van der Waals surface area contributed by atoms with Gasteiger partial charge in [-0.05, 0) is 37.1 Å². The molecule has 5 nitrogen and oxygen atoms in total. The molecular formula is C19H19BrN4O. The molecule has 128 valence electrons. The van der Waals surface area contributed by atoms with Crippen LogP contribution in [0.1, 0.15) is 36.6 Å². The fourth-order valence-electron chi connectivity index (χ4n) is 3.34. The Morgan fingerprint density at radius 1 is 1.20 bits per heavy atom. The zero-order valence-corrected chi connectivity index (χ0v) is 15.5. The monoisotopic (exact) mass is 398 g/mol. The molecule has 0 saturated carbocycles. The molecule has 2 aromatic carbocycles. The molecular weight excluding hydrogens is 380 g/mol. The standard InChI is InChI=1S/C19H19BrN4O/c1-2-25-18-6-4-3-5-15(18)17-11-16(13-7-9-14(20)10-8-13)23-19-21-12-22-24(17)19/h3-10,12,16-17H,2,11H2,1H3,(H,21,22,23)/t16-,17+/m0/s1. The minimum atomic E-state index is 0.0788. The predicted molar refractivity (Wildman–Crippen MR) is 101 cm³/mol. The van der Waals surface area contributed by atoms with Gasteiger partial charge in [0.1, 0.15) is 12.1 Å². The Balaban J connectivity index is 1.74. The SMILES string of the molecule is CCOc1ccccc1[C@H]1C[C@@H](c2ccc(Br)cc2)Nc2ncnn21. The normalized spacial score (nSPS) is 19.1. The molecule has 25 heavy (non-hydrogen) atoms. The second kappa shape index (κ2) is 6.88. The Labute approximate surface area is 155 Å². The molecule has 3 aromatic rings. The lowest BCUT2D eigenvalue weighted by Gasteiger charge is -2.32. The molecule has 6 heteroatoms. The minimum absolute atomic E-state index is 0.0788. The van der Waals surface area contributed by atoms with Crippen LogP contribution in [0.15, 0.2) is 59.3 Å². The number of para-hydroxylation sites is 1. The van der Waals surface area contributed by atoms with Crippen molar-refractivity contribution in [1.29, 1.82) is 0 Å². The summed E-state index contributed by atoms with van der Waals surface area (Å²) in [5.74, 6) is 1.70. The van der Waals surface area contributed by atoms with Crippen molar-refractivity contribution in [3.05, 3.63) is 70.5 Å². The van der Waals surface area contributed by atoms with E-state index in [-0.39, 0.29) is 12.1 Å². The van der Waals surface area contributed by atoms with Crippen LogP contribution in [0.4, 0.5) is 5.95 Å². The van der Waals surface area contributed by atoms with E-state index in [1.165, 1.54) is 5.56 Å². The summed E-state index contributed by atoms with van der Waals surface area (Å²) >= 11 is 3.50. The molecule has 1 aliphatic rings. The molecule has 4 rings (SSSR count). The molecule has 0 saturated heterocycles. The van der Waals surface area contributed by atoms with Gasteiger partial charge in [0.05, 0.1) is 18.7 Å². The number of nitrogens with zero attached hydrogens (tertiary/aromatic N) is 3. The third-order valence-electron chi connectivity index (χ3n) is 4.48. The Morgan fingerprint density at radius 2 is 2.00 bits per heavy atom. The predicted octanol–water partition coefficient (Wildman–Crippen LogP) is 4.59. The highest BCUT2D eigenvalue weighted by Gasteiger charge is 2.31. The zero-order valence-electron chi connectivity index (χ0n) is 13.9. The second-order valence-corrected chi connectivity index (χ2v) is 6.91. The molecule has 0 fully saturated rings. The van der Waals surface area contributed by atoms with Gasteiger partial charge in [0, 0.05) is 10.0 Å². The van der Waals surface area contributed by atoms with E-state index in [9.17, 15) is 0 Å². The fraction of sp³-hybridized carbons (Fsp3) is 0.263. The molecule has 0 radical (unpaired) electrons. The molecule has 0 bridgehead atoms. The maximum atomic E-state index is 5.85. The summed E-state index contributed by atoms with van der Waals surface area (Å²) in [4.78, 5) is 4.39. The van der Waals surface area contributed by atoms with Crippen LogP contribution < -0.4 is 10.1 Å². The van der Waals surface area contributed by atoms with Gasteiger partial charge in [-0.3, -0.25) is 0 Å². The van der Waals surface area contributed by atoms with Crippen LogP contribution in [0.5, 0.6) is 5.75 Å². The van der Waals surface area contributed by atoms with E-state index < -0.39 is 0 Å². The minimum Gasteiger partial charge on any atom is -0.494 e. The van der Waals surface area contributed by atoms with Crippen molar-refractivity contribution in [2.24, 2.45) is 0 Å². The summed E-state index contributed by atoms with van der Waals surface area (Å²) in [6, 6.07) is 16.9. The van der Waals surface area contributed by atoms with Crippen LogP contribution in [0.3, 0.4) is 0 Å². The third kappa shape index (κ3) is 3.14. The number of hydrogen-bond donors (Lipinski definition) is 1. The first kappa shape index (κ1) is 16.1. The average molecular weight is 399 g/mol. The lowest BCUT2D eigenvalue weighted by atomic mass is 9.93. The van der Waals surface area contributed by atoms with Crippen molar-refractivity contribution in [3.63, 3.8) is 0 Å². The summed E-state index contributed by atoms with van der Waals surface area (Å²) in [6.07, 6.45) is 2.48. The van der Waals surface area contributed by atoms with Crippen LogP contribution in [-0.4, -0.2) is 21.4 Å². The van der Waals surface area contributed by atoms with E-state index in [0.29, 0.717) is 6.61 Å². The summed E-state index contributed by atoms with van der Waals surface area (Å²) in [5, 5.41) is 7.94. The van der Waals surface area contributed by atoms with E-state index in [4.69, 9.17) is 4.74 Å². The third-order valence-corrected chi connectivity index (χ3v) is 5.01. The fourth-order valence-corrected chi connectivity index (χ4v) is 3.60. The van der Waals surface area contributed by atoms with Crippen molar-refractivity contribution < 1.29 is 4.74 Å². The maximum absolute atomic E-state index is 5.85. The van der Waals surface area contributed by atoms with E-state index in [2.05, 4.69) is 61.7 Å². The molecule has 0 spiro atoms. The molecule has 1 aliphatic heterocycles. The van der Waals surface area contributed by atoms with Gasteiger partial charge in [0.2, 0.25) is 5.95 Å². The van der Waals surface area contributed by atoms with E-state index in [0.717, 1.165) is 28.2 Å². The van der Waals surface area contributed by atoms with Gasteiger partial charge in [-0.2, -0.15) is 10.1 Å². The number of hydrogen-bond acceptors (Lipinski definition) is 4. The van der Waals surface area contributed by atoms with Gasteiger partial charge in [-0.1, -0.05) is 46.3 Å². The highest BCUT2D eigenvalue weighted by atomic mass is 79.9. The van der Waals surface area contributed by atoms with Crippen molar-refractivity contribution >= 4 is 21.9 Å². The topological polar surface area (TPSA) is 52.0 Å². The Bertz CT molecular complexity index is 862. The average Bonchev–Trinajstić information content (AvgIpc) is 3.11. The second-order valence-electron chi connectivity index (χ2n) is 6.00. The largest absolute Gasteiger partial charge is 0.494 e. The number of halogens is 1. The summed E-state index contributed by atoms with van der Waals surface area (Å²) in [7, 11) is 0. The van der Waals surface area contributed by atoms with Crippen molar-refractivity contribution in [3.8, 4) is 5.75 Å². The number of anilines is 1. The van der Waals surface area contributed by atoms with Crippen molar-refractivity contribution in [2.45, 2.75) is 25.4 Å². The van der Waals surface area contributed by atoms with E-state index in [1.54, 1.807) is 6.33 Å². The van der Waals surface area contributed by atoms with Crippen LogP contribution in [0.25, 0.3) is 0 Å². The first-order chi connectivity index (χ1) is 12.3. The summed E-state index contributed by atoms with van der Waals surface area (Å²) < 4.78 is 8.88. The molecule has 0 amide bonds. The number of ether oxygens (including phenoxy) is 1. The Kier molecular flexibility index (Phi) is 4.44. The molecule has 2 atom stereocenters. The number of aromatic nitrogens is 3. The summed E-state index contributed by atoms with van der Waals surface area (Å²) in [5.41, 5.74) is 2.37. The molecule has 0 aliphatic carbocycles. The first-order valence-corrected chi connectivity index (χ1v) is 9.18. The highest BCUT2D eigenvalue weighted by Crippen LogP contribution is 2.40. The molecule has 2 heterocycles. The van der Waals surface area contributed by atoms with Gasteiger partial charge in [-0.15, -0.1) is 0 Å². The van der Waals surface area contributed by atoms with E-state index >= 15 is 0 Å². The van der Waals surface area contributed by atoms with Crippen molar-refractivity contribution in [1.82, 2.24) is 14.8 Å². The van der Waals surface area contributed by atoms with Crippen LogP contribution in [-0.2, 0) is 0 Å². The molecule has 0 unspecified atom stereocenters. The number of nitrogens with one attached hydrogen (secondary N) is 1. The van der Waals surface area contributed by atoms with Crippen LogP contribution in [0.2, 0.25) is 0 Å². The molecule has 1 aromatic heterocycles. The number of fused-ring (bicyclic) bond motifs is 1. The van der Waals surface area contributed by atoms with Crippen LogP contribution >= 0.6 is 15.9 Å². The number of benzene rings is 2. The smallest absolute Gasteiger partial charge is 0.222 e. The van der Waals surface area contributed by atoms with Gasteiger partial charge in [0.15, 0.2) is 0 Å². The van der Waals surface area contributed by atoms with Gasteiger partial charge in [-0.25, -0.2) is 4.68 Å². The highest BCUT2D eigenvalue weighted by molar-refractivity contribution is 9.10. The quantitative estimate of drug-likeness (QED) is 0.698. The Hall–Kier alpha value is -2.34. The first-order valence-electron chi connectivity index (χ1n) is 8.39. The van der Waals surface area contributed by atoms with Gasteiger partial charge >= 0.3 is 0 Å². The van der Waals surface area contributed by atoms with Gasteiger partial charge in [0.25, 0.3) is 0 Å². The van der Waals surface area contributed by atoms with E-state index in [1.807, 2.05) is 29.8 Å². The zero-order chi connectivity index (χ0) is 17.2.